The maximum atomic E-state index is 11.9. The summed E-state index contributed by atoms with van der Waals surface area (Å²) in [6.45, 7) is 5.83. The van der Waals surface area contributed by atoms with Crippen LogP contribution in [0.1, 0.15) is 26.3 Å². The fourth-order valence-corrected chi connectivity index (χ4v) is 1.61. The Hall–Kier alpha value is -1.57. The Morgan fingerprint density at radius 2 is 1.94 bits per heavy atom. The average Bonchev–Trinajstić information content (AvgIpc) is 2.61. The van der Waals surface area contributed by atoms with Crippen LogP contribution in [0.2, 0.25) is 0 Å². The molecule has 0 N–H and O–H groups in total. The largest absolute Gasteiger partial charge is 0.464 e. The summed E-state index contributed by atoms with van der Waals surface area (Å²) >= 11 is 0. The minimum atomic E-state index is -0.293. The van der Waals surface area contributed by atoms with Gasteiger partial charge < -0.3 is 4.42 Å². The van der Waals surface area contributed by atoms with Crippen LogP contribution in [0.3, 0.4) is 0 Å². The van der Waals surface area contributed by atoms with Crippen molar-refractivity contribution in [1.29, 1.82) is 0 Å². The van der Waals surface area contributed by atoms with Crippen molar-refractivity contribution >= 4 is 16.8 Å². The number of hydrogen-bond acceptors (Lipinski definition) is 2. The van der Waals surface area contributed by atoms with Crippen LogP contribution in [0.4, 0.5) is 0 Å². The second-order valence-corrected chi connectivity index (χ2v) is 5.11. The number of ketones is 1. The normalized spacial score (nSPS) is 11.9. The highest BCUT2D eigenvalue weighted by Crippen LogP contribution is 2.24. The number of benzene rings is 1. The van der Waals surface area contributed by atoms with E-state index in [0.717, 1.165) is 16.5 Å². The molecule has 84 valence electrons. The highest BCUT2D eigenvalue weighted by Gasteiger charge is 2.22. The molecule has 2 aromatic rings. The average molecular weight is 216 g/mol. The number of furan rings is 1. The summed E-state index contributed by atoms with van der Waals surface area (Å²) < 4.78 is 5.41. The third-order valence-electron chi connectivity index (χ3n) is 2.75. The van der Waals surface area contributed by atoms with Crippen LogP contribution in [0.25, 0.3) is 11.0 Å². The van der Waals surface area contributed by atoms with E-state index in [0.29, 0.717) is 6.42 Å². The first-order valence-electron chi connectivity index (χ1n) is 5.47. The smallest absolute Gasteiger partial charge is 0.142 e. The molecule has 2 rings (SSSR count). The quantitative estimate of drug-likeness (QED) is 0.767. The number of Topliss-reactive ketones (excluding diaryl/α,β-unsaturated/α-hetero) is 1. The van der Waals surface area contributed by atoms with Crippen LogP contribution in [0.15, 0.2) is 34.9 Å². The lowest BCUT2D eigenvalue weighted by Crippen LogP contribution is -2.21. The maximum Gasteiger partial charge on any atom is 0.142 e. The Kier molecular flexibility index (Phi) is 2.58. The number of carbonyl (C=O) groups is 1. The minimum Gasteiger partial charge on any atom is -0.464 e. The monoisotopic (exact) mass is 216 g/mol. The highest BCUT2D eigenvalue weighted by atomic mass is 16.3. The van der Waals surface area contributed by atoms with Gasteiger partial charge in [-0.2, -0.15) is 0 Å². The standard InChI is InChI=1S/C14H16O2/c1-14(2,3)13(15)8-10-9-16-12-7-5-4-6-11(10)12/h4-7,9H,8H2,1-3H3. The van der Waals surface area contributed by atoms with Gasteiger partial charge in [-0.3, -0.25) is 4.79 Å². The van der Waals surface area contributed by atoms with E-state index in [-0.39, 0.29) is 11.2 Å². The molecule has 0 spiro atoms. The maximum absolute atomic E-state index is 11.9. The third-order valence-corrected chi connectivity index (χ3v) is 2.75. The molecule has 0 amide bonds. The molecule has 2 heteroatoms. The lowest BCUT2D eigenvalue weighted by molar-refractivity contribution is -0.125. The summed E-state index contributed by atoms with van der Waals surface area (Å²) in [5.41, 5.74) is 1.54. The van der Waals surface area contributed by atoms with Crippen molar-refractivity contribution in [2.75, 3.05) is 0 Å². The van der Waals surface area contributed by atoms with E-state index < -0.39 is 0 Å². The second-order valence-electron chi connectivity index (χ2n) is 5.11. The van der Waals surface area contributed by atoms with Crippen LogP contribution >= 0.6 is 0 Å². The van der Waals surface area contributed by atoms with Gasteiger partial charge in [0, 0.05) is 22.8 Å². The summed E-state index contributed by atoms with van der Waals surface area (Å²) in [6, 6.07) is 7.80. The SMILES string of the molecule is CC(C)(C)C(=O)Cc1coc2ccccc12. The van der Waals surface area contributed by atoms with Crippen molar-refractivity contribution in [1.82, 2.24) is 0 Å². The Bertz CT molecular complexity index is 515. The highest BCUT2D eigenvalue weighted by molar-refractivity contribution is 5.90. The first-order valence-corrected chi connectivity index (χ1v) is 5.47. The summed E-state index contributed by atoms with van der Waals surface area (Å²) in [6.07, 6.45) is 2.13. The van der Waals surface area contributed by atoms with Crippen LogP contribution in [0.5, 0.6) is 0 Å². The summed E-state index contributed by atoms with van der Waals surface area (Å²) in [4.78, 5) is 11.9. The van der Waals surface area contributed by atoms with Crippen LogP contribution in [-0.4, -0.2) is 5.78 Å². The van der Waals surface area contributed by atoms with E-state index in [9.17, 15) is 4.79 Å². The third kappa shape index (κ3) is 2.01. The van der Waals surface area contributed by atoms with E-state index >= 15 is 0 Å². The minimum absolute atomic E-state index is 0.235. The molecule has 1 heterocycles. The van der Waals surface area contributed by atoms with Gasteiger partial charge in [-0.15, -0.1) is 0 Å². The second kappa shape index (κ2) is 3.78. The molecule has 0 aliphatic heterocycles. The van der Waals surface area contributed by atoms with Crippen molar-refractivity contribution in [3.63, 3.8) is 0 Å². The lowest BCUT2D eigenvalue weighted by Gasteiger charge is -2.15. The van der Waals surface area contributed by atoms with Crippen molar-refractivity contribution in [2.45, 2.75) is 27.2 Å². The van der Waals surface area contributed by atoms with E-state index in [1.165, 1.54) is 0 Å². The van der Waals surface area contributed by atoms with Gasteiger partial charge in [0.1, 0.15) is 11.4 Å². The van der Waals surface area contributed by atoms with Crippen molar-refractivity contribution in [2.24, 2.45) is 5.41 Å². The zero-order chi connectivity index (χ0) is 11.8. The fraction of sp³-hybridized carbons (Fsp3) is 0.357. The molecule has 1 aromatic heterocycles. The molecule has 16 heavy (non-hydrogen) atoms. The van der Waals surface area contributed by atoms with Crippen molar-refractivity contribution < 1.29 is 9.21 Å². The molecular weight excluding hydrogens is 200 g/mol. The molecule has 0 unspecified atom stereocenters. The fourth-order valence-electron chi connectivity index (χ4n) is 1.61. The first-order chi connectivity index (χ1) is 7.48. The van der Waals surface area contributed by atoms with Gasteiger partial charge in [0.2, 0.25) is 0 Å². The molecule has 0 aliphatic carbocycles. The summed E-state index contributed by atoms with van der Waals surface area (Å²) in [7, 11) is 0. The molecule has 0 radical (unpaired) electrons. The Morgan fingerprint density at radius 1 is 1.25 bits per heavy atom. The zero-order valence-corrected chi connectivity index (χ0v) is 9.91. The van der Waals surface area contributed by atoms with Crippen LogP contribution in [-0.2, 0) is 11.2 Å². The number of rotatable bonds is 2. The van der Waals surface area contributed by atoms with Gasteiger partial charge >= 0.3 is 0 Å². The molecule has 0 atom stereocenters. The van der Waals surface area contributed by atoms with Gasteiger partial charge in [0.15, 0.2) is 0 Å². The van der Waals surface area contributed by atoms with E-state index in [4.69, 9.17) is 4.42 Å². The predicted octanol–water partition coefficient (Wildman–Crippen LogP) is 3.59. The van der Waals surface area contributed by atoms with Gasteiger partial charge in [-0.05, 0) is 6.07 Å². The van der Waals surface area contributed by atoms with Crippen molar-refractivity contribution in [3.8, 4) is 0 Å². The molecule has 0 saturated heterocycles. The number of fused-ring (bicyclic) bond motifs is 1. The van der Waals surface area contributed by atoms with Gasteiger partial charge in [0.25, 0.3) is 0 Å². The van der Waals surface area contributed by atoms with E-state index in [2.05, 4.69) is 0 Å². The molecule has 0 fully saturated rings. The predicted molar refractivity (Wildman–Crippen MR) is 64.4 cm³/mol. The Morgan fingerprint density at radius 3 is 2.62 bits per heavy atom. The Balaban J connectivity index is 2.32. The van der Waals surface area contributed by atoms with E-state index in [1.807, 2.05) is 45.0 Å². The molecule has 1 aromatic carbocycles. The van der Waals surface area contributed by atoms with Gasteiger partial charge in [0.05, 0.1) is 6.26 Å². The number of carbonyl (C=O) groups excluding carboxylic acids is 1. The molecule has 0 saturated carbocycles. The number of para-hydroxylation sites is 1. The van der Waals surface area contributed by atoms with Gasteiger partial charge in [-0.25, -0.2) is 0 Å². The topological polar surface area (TPSA) is 30.2 Å². The molecule has 2 nitrogen and oxygen atoms in total. The first kappa shape index (κ1) is 10.9. The summed E-state index contributed by atoms with van der Waals surface area (Å²) in [5.74, 6) is 0.235. The van der Waals surface area contributed by atoms with Crippen LogP contribution < -0.4 is 0 Å². The molecular formula is C14H16O2. The number of hydrogen-bond donors (Lipinski definition) is 0. The van der Waals surface area contributed by atoms with Gasteiger partial charge in [-0.1, -0.05) is 39.0 Å². The molecule has 0 aliphatic rings. The van der Waals surface area contributed by atoms with Crippen molar-refractivity contribution in [3.05, 3.63) is 36.1 Å². The zero-order valence-electron chi connectivity index (χ0n) is 9.91. The lowest BCUT2D eigenvalue weighted by atomic mass is 9.87. The van der Waals surface area contributed by atoms with Crippen LogP contribution in [0, 0.1) is 5.41 Å². The van der Waals surface area contributed by atoms with E-state index in [1.54, 1.807) is 6.26 Å². The summed E-state index contributed by atoms with van der Waals surface area (Å²) in [5, 5.41) is 1.04. The molecule has 0 bridgehead atoms. The Labute approximate surface area is 95.3 Å².